The smallest absolute Gasteiger partial charge is 0.0666 e. The van der Waals surface area contributed by atoms with Crippen LogP contribution in [0, 0.1) is 0 Å². The van der Waals surface area contributed by atoms with Crippen molar-refractivity contribution in [1.82, 2.24) is 10.2 Å². The first-order chi connectivity index (χ1) is 9.59. The summed E-state index contributed by atoms with van der Waals surface area (Å²) in [5.74, 6) is 0. The molecule has 4 unspecified atom stereocenters. The third kappa shape index (κ3) is 3.05. The van der Waals surface area contributed by atoms with Crippen molar-refractivity contribution >= 4 is 0 Å². The molecule has 0 radical (unpaired) electrons. The van der Waals surface area contributed by atoms with Crippen molar-refractivity contribution in [2.75, 3.05) is 13.7 Å². The van der Waals surface area contributed by atoms with Gasteiger partial charge in [-0.1, -0.05) is 13.3 Å². The molecule has 1 N–H and O–H groups in total. The summed E-state index contributed by atoms with van der Waals surface area (Å²) in [5, 5.41) is 3.99. The third-order valence-corrected chi connectivity index (χ3v) is 6.15. The van der Waals surface area contributed by atoms with E-state index in [1.54, 1.807) is 0 Å². The van der Waals surface area contributed by atoms with E-state index in [0.29, 0.717) is 6.04 Å². The molecule has 0 aromatic rings. The fourth-order valence-corrected chi connectivity index (χ4v) is 4.60. The molecule has 4 atom stereocenters. The minimum atomic E-state index is 0.108. The van der Waals surface area contributed by atoms with Crippen LogP contribution >= 0.6 is 0 Å². The predicted octanol–water partition coefficient (Wildman–Crippen LogP) is 2.94. The number of hydrogen-bond acceptors (Lipinski definition) is 3. The molecule has 0 spiro atoms. The highest BCUT2D eigenvalue weighted by Crippen LogP contribution is 2.34. The Balaban J connectivity index is 1.56. The van der Waals surface area contributed by atoms with E-state index in [1.165, 1.54) is 44.9 Å². The summed E-state index contributed by atoms with van der Waals surface area (Å²) in [7, 11) is 2.34. The van der Waals surface area contributed by atoms with E-state index >= 15 is 0 Å². The standard InChI is InChI=1S/C17H32N2O/c1-4-17(2)12-13(8-9-20-17)18-14-10-15-6-5-7-16(11-14)19(15)3/h13-16,18H,4-12H2,1-3H3. The zero-order valence-electron chi connectivity index (χ0n) is 13.5. The van der Waals surface area contributed by atoms with Crippen molar-refractivity contribution in [2.24, 2.45) is 0 Å². The van der Waals surface area contributed by atoms with E-state index in [9.17, 15) is 0 Å². The van der Waals surface area contributed by atoms with E-state index in [0.717, 1.165) is 31.2 Å². The first-order valence-electron chi connectivity index (χ1n) is 8.71. The summed E-state index contributed by atoms with van der Waals surface area (Å²) in [4.78, 5) is 2.65. The van der Waals surface area contributed by atoms with Crippen LogP contribution in [0.2, 0.25) is 0 Å². The van der Waals surface area contributed by atoms with E-state index in [2.05, 4.69) is 31.1 Å². The molecule has 3 heterocycles. The van der Waals surface area contributed by atoms with Crippen molar-refractivity contribution < 1.29 is 4.74 Å². The Morgan fingerprint density at radius 3 is 2.50 bits per heavy atom. The molecule has 3 rings (SSSR count). The van der Waals surface area contributed by atoms with Gasteiger partial charge in [-0.2, -0.15) is 0 Å². The number of rotatable bonds is 3. The lowest BCUT2D eigenvalue weighted by Crippen LogP contribution is -2.57. The lowest BCUT2D eigenvalue weighted by Gasteiger charge is -2.48. The SMILES string of the molecule is CCC1(C)CC(NC2CC3CCCC(C2)N3C)CCO1. The molecule has 116 valence electrons. The van der Waals surface area contributed by atoms with E-state index in [4.69, 9.17) is 4.74 Å². The molecule has 3 aliphatic heterocycles. The van der Waals surface area contributed by atoms with Gasteiger partial charge in [-0.05, 0) is 58.9 Å². The third-order valence-electron chi connectivity index (χ3n) is 6.15. The van der Waals surface area contributed by atoms with Gasteiger partial charge in [0.05, 0.1) is 5.60 Å². The van der Waals surface area contributed by atoms with Crippen LogP contribution in [-0.4, -0.2) is 48.3 Å². The summed E-state index contributed by atoms with van der Waals surface area (Å²) in [6.07, 6.45) is 10.5. The molecule has 20 heavy (non-hydrogen) atoms. The molecule has 3 fully saturated rings. The van der Waals surface area contributed by atoms with Crippen LogP contribution in [0.15, 0.2) is 0 Å². The molecule has 0 aromatic heterocycles. The van der Waals surface area contributed by atoms with Crippen molar-refractivity contribution in [1.29, 1.82) is 0 Å². The molecule has 3 aliphatic rings. The van der Waals surface area contributed by atoms with Gasteiger partial charge in [0.2, 0.25) is 0 Å². The Morgan fingerprint density at radius 1 is 1.15 bits per heavy atom. The molecular formula is C17H32N2O. The first kappa shape index (κ1) is 14.8. The quantitative estimate of drug-likeness (QED) is 0.860. The molecule has 0 aliphatic carbocycles. The number of fused-ring (bicyclic) bond motifs is 2. The summed E-state index contributed by atoms with van der Waals surface area (Å²) in [5.41, 5.74) is 0.108. The molecule has 0 saturated carbocycles. The summed E-state index contributed by atoms with van der Waals surface area (Å²) in [6.45, 7) is 5.47. The van der Waals surface area contributed by atoms with Crippen LogP contribution in [-0.2, 0) is 4.74 Å². The zero-order valence-corrected chi connectivity index (χ0v) is 13.5. The minimum absolute atomic E-state index is 0.108. The maximum absolute atomic E-state index is 5.98. The summed E-state index contributed by atoms with van der Waals surface area (Å²) in [6, 6.07) is 3.07. The number of ether oxygens (including phenoxy) is 1. The average molecular weight is 280 g/mol. The van der Waals surface area contributed by atoms with Gasteiger partial charge in [0.1, 0.15) is 0 Å². The van der Waals surface area contributed by atoms with Gasteiger partial charge in [-0.3, -0.25) is 0 Å². The van der Waals surface area contributed by atoms with Gasteiger partial charge >= 0.3 is 0 Å². The van der Waals surface area contributed by atoms with Crippen LogP contribution < -0.4 is 5.32 Å². The lowest BCUT2D eigenvalue weighted by atomic mass is 9.81. The van der Waals surface area contributed by atoms with Gasteiger partial charge in [-0.15, -0.1) is 0 Å². The zero-order chi connectivity index (χ0) is 14.2. The normalized spacial score (nSPS) is 46.4. The molecule has 2 bridgehead atoms. The van der Waals surface area contributed by atoms with Gasteiger partial charge < -0.3 is 15.0 Å². The van der Waals surface area contributed by atoms with Crippen LogP contribution in [0.1, 0.15) is 65.2 Å². The van der Waals surface area contributed by atoms with Crippen LogP contribution in [0.3, 0.4) is 0 Å². The fraction of sp³-hybridized carbons (Fsp3) is 1.00. The number of piperidine rings is 2. The Hall–Kier alpha value is -0.120. The van der Waals surface area contributed by atoms with Gasteiger partial charge in [0.25, 0.3) is 0 Å². The van der Waals surface area contributed by atoms with Crippen molar-refractivity contribution in [3.05, 3.63) is 0 Å². The molecule has 3 nitrogen and oxygen atoms in total. The first-order valence-corrected chi connectivity index (χ1v) is 8.71. The van der Waals surface area contributed by atoms with Gasteiger partial charge in [0, 0.05) is 30.8 Å². The van der Waals surface area contributed by atoms with Gasteiger partial charge in [-0.25, -0.2) is 0 Å². The Kier molecular flexibility index (Phi) is 4.40. The highest BCUT2D eigenvalue weighted by molar-refractivity contribution is 4.96. The molecular weight excluding hydrogens is 248 g/mol. The predicted molar refractivity (Wildman–Crippen MR) is 83.0 cm³/mol. The monoisotopic (exact) mass is 280 g/mol. The van der Waals surface area contributed by atoms with Crippen LogP contribution in [0.4, 0.5) is 0 Å². The average Bonchev–Trinajstić information content (AvgIpc) is 2.40. The van der Waals surface area contributed by atoms with Crippen molar-refractivity contribution in [2.45, 2.75) is 95.0 Å². The van der Waals surface area contributed by atoms with Gasteiger partial charge in [0.15, 0.2) is 0 Å². The molecule has 3 saturated heterocycles. The lowest BCUT2D eigenvalue weighted by molar-refractivity contribution is -0.0810. The maximum Gasteiger partial charge on any atom is 0.0666 e. The topological polar surface area (TPSA) is 24.5 Å². The minimum Gasteiger partial charge on any atom is -0.375 e. The van der Waals surface area contributed by atoms with Crippen LogP contribution in [0.5, 0.6) is 0 Å². The van der Waals surface area contributed by atoms with Crippen molar-refractivity contribution in [3.63, 3.8) is 0 Å². The molecule has 0 amide bonds. The van der Waals surface area contributed by atoms with Crippen molar-refractivity contribution in [3.8, 4) is 0 Å². The molecule has 0 aromatic carbocycles. The number of nitrogens with zero attached hydrogens (tertiary/aromatic N) is 1. The number of nitrogens with one attached hydrogen (secondary N) is 1. The Bertz CT molecular complexity index is 321. The van der Waals surface area contributed by atoms with E-state index in [-0.39, 0.29) is 5.60 Å². The van der Waals surface area contributed by atoms with E-state index < -0.39 is 0 Å². The second-order valence-corrected chi connectivity index (χ2v) is 7.58. The number of hydrogen-bond donors (Lipinski definition) is 1. The second kappa shape index (κ2) is 5.94. The fourth-order valence-electron chi connectivity index (χ4n) is 4.60. The maximum atomic E-state index is 5.98. The summed E-state index contributed by atoms with van der Waals surface area (Å²) >= 11 is 0. The Labute approximate surface area is 124 Å². The second-order valence-electron chi connectivity index (χ2n) is 7.58. The summed E-state index contributed by atoms with van der Waals surface area (Å²) < 4.78 is 5.98. The molecule has 3 heteroatoms. The largest absolute Gasteiger partial charge is 0.375 e. The highest BCUT2D eigenvalue weighted by atomic mass is 16.5. The van der Waals surface area contributed by atoms with E-state index in [1.807, 2.05) is 0 Å². The Morgan fingerprint density at radius 2 is 1.85 bits per heavy atom. The highest BCUT2D eigenvalue weighted by Gasteiger charge is 2.38. The van der Waals surface area contributed by atoms with Crippen LogP contribution in [0.25, 0.3) is 0 Å².